The Labute approximate surface area is 183 Å². The number of esters is 1. The van der Waals surface area contributed by atoms with Crippen LogP contribution in [0, 0.1) is 22.7 Å². The molecule has 1 saturated heterocycles. The number of methoxy groups -OCH3 is 1. The highest BCUT2D eigenvalue weighted by Crippen LogP contribution is 2.62. The summed E-state index contributed by atoms with van der Waals surface area (Å²) in [7, 11) is 1.61. The first-order valence-corrected chi connectivity index (χ1v) is 10.9. The molecule has 1 saturated carbocycles. The first-order valence-electron chi connectivity index (χ1n) is 10.9. The van der Waals surface area contributed by atoms with E-state index in [2.05, 4.69) is 13.8 Å². The fourth-order valence-electron chi connectivity index (χ4n) is 6.21. The van der Waals surface area contributed by atoms with Crippen LogP contribution >= 0.6 is 0 Å². The van der Waals surface area contributed by atoms with E-state index in [-0.39, 0.29) is 17.3 Å². The summed E-state index contributed by atoms with van der Waals surface area (Å²) in [4.78, 5) is 12.7. The number of carbonyl (C=O) groups excluding carboxylic acids is 1. The SMILES string of the molecule is COc1ccc(C=CC(=O)O[C@@H]2CCC(C)(C)[C@@H]3[C@@H](O)C=C4CO[C@@H](O)[C@@H]4[C@@]23C)cc1. The lowest BCUT2D eigenvalue weighted by Gasteiger charge is -2.59. The quantitative estimate of drug-likeness (QED) is 0.435. The molecule has 0 spiro atoms. The zero-order valence-electron chi connectivity index (χ0n) is 18.6. The molecular weight excluding hydrogens is 396 g/mol. The van der Waals surface area contributed by atoms with Crippen LogP contribution in [0.25, 0.3) is 6.08 Å². The third-order valence-electron chi connectivity index (χ3n) is 7.54. The molecule has 168 valence electrons. The van der Waals surface area contributed by atoms with Crippen LogP contribution in [0.15, 0.2) is 42.0 Å². The van der Waals surface area contributed by atoms with E-state index in [1.807, 2.05) is 37.3 Å². The van der Waals surface area contributed by atoms with E-state index in [1.54, 1.807) is 13.2 Å². The summed E-state index contributed by atoms with van der Waals surface area (Å²) in [5, 5.41) is 21.6. The predicted molar refractivity (Wildman–Crippen MR) is 116 cm³/mol. The first kappa shape index (κ1) is 22.1. The van der Waals surface area contributed by atoms with Gasteiger partial charge in [-0.1, -0.05) is 39.0 Å². The molecule has 0 unspecified atom stereocenters. The van der Waals surface area contributed by atoms with Gasteiger partial charge in [0.05, 0.1) is 19.8 Å². The summed E-state index contributed by atoms with van der Waals surface area (Å²) in [5.74, 6) is -0.147. The third-order valence-corrected chi connectivity index (χ3v) is 7.54. The van der Waals surface area contributed by atoms with Gasteiger partial charge in [-0.3, -0.25) is 0 Å². The van der Waals surface area contributed by atoms with Crippen molar-refractivity contribution in [1.29, 1.82) is 0 Å². The van der Waals surface area contributed by atoms with Gasteiger partial charge < -0.3 is 24.4 Å². The molecule has 1 aliphatic heterocycles. The Morgan fingerprint density at radius 1 is 1.19 bits per heavy atom. The molecule has 0 bridgehead atoms. The van der Waals surface area contributed by atoms with E-state index in [1.165, 1.54) is 6.08 Å². The minimum absolute atomic E-state index is 0.165. The third kappa shape index (κ3) is 3.81. The Hall–Kier alpha value is -2.15. The number of fused-ring (bicyclic) bond motifs is 3. The number of aliphatic hydroxyl groups excluding tert-OH is 2. The summed E-state index contributed by atoms with van der Waals surface area (Å²) in [6.45, 7) is 6.61. The van der Waals surface area contributed by atoms with Crippen LogP contribution in [-0.2, 0) is 14.3 Å². The molecule has 1 aromatic rings. The van der Waals surface area contributed by atoms with Crippen LogP contribution in [-0.4, -0.2) is 48.4 Å². The fourth-order valence-corrected chi connectivity index (χ4v) is 6.21. The van der Waals surface area contributed by atoms with Crippen molar-refractivity contribution in [2.24, 2.45) is 22.7 Å². The summed E-state index contributed by atoms with van der Waals surface area (Å²) < 4.78 is 16.6. The molecule has 0 aromatic heterocycles. The molecule has 6 nitrogen and oxygen atoms in total. The number of rotatable bonds is 4. The molecule has 4 rings (SSSR count). The van der Waals surface area contributed by atoms with Crippen molar-refractivity contribution in [2.45, 2.75) is 52.1 Å². The molecule has 6 heteroatoms. The van der Waals surface area contributed by atoms with Crippen LogP contribution < -0.4 is 4.74 Å². The van der Waals surface area contributed by atoms with Crippen molar-refractivity contribution in [3.05, 3.63) is 47.6 Å². The molecule has 1 aromatic carbocycles. The minimum Gasteiger partial charge on any atom is -0.497 e. The molecule has 6 atom stereocenters. The number of carbonyl (C=O) groups is 1. The average Bonchev–Trinajstić information content (AvgIpc) is 3.10. The highest BCUT2D eigenvalue weighted by Gasteiger charge is 2.64. The molecule has 0 amide bonds. The van der Waals surface area contributed by atoms with E-state index >= 15 is 0 Å². The van der Waals surface area contributed by atoms with E-state index in [0.717, 1.165) is 23.3 Å². The summed E-state index contributed by atoms with van der Waals surface area (Å²) in [5.41, 5.74) is 0.960. The lowest BCUT2D eigenvalue weighted by atomic mass is 9.47. The van der Waals surface area contributed by atoms with E-state index in [9.17, 15) is 15.0 Å². The Morgan fingerprint density at radius 3 is 2.58 bits per heavy atom. The number of benzene rings is 1. The van der Waals surface area contributed by atoms with Gasteiger partial charge in [-0.25, -0.2) is 4.79 Å². The molecule has 2 N–H and O–H groups in total. The summed E-state index contributed by atoms with van der Waals surface area (Å²) >= 11 is 0. The van der Waals surface area contributed by atoms with Crippen LogP contribution in [0.2, 0.25) is 0 Å². The van der Waals surface area contributed by atoms with Crippen molar-refractivity contribution in [3.8, 4) is 5.75 Å². The number of aliphatic hydroxyl groups is 2. The predicted octanol–water partition coefficient (Wildman–Crippen LogP) is 3.33. The van der Waals surface area contributed by atoms with Gasteiger partial charge in [-0.05, 0) is 47.6 Å². The van der Waals surface area contributed by atoms with Crippen molar-refractivity contribution < 1.29 is 29.2 Å². The Balaban J connectivity index is 1.58. The van der Waals surface area contributed by atoms with Gasteiger partial charge in [0.25, 0.3) is 0 Å². The van der Waals surface area contributed by atoms with Crippen molar-refractivity contribution in [2.75, 3.05) is 13.7 Å². The largest absolute Gasteiger partial charge is 0.497 e. The van der Waals surface area contributed by atoms with Crippen LogP contribution in [0.5, 0.6) is 5.75 Å². The van der Waals surface area contributed by atoms with Crippen LogP contribution in [0.3, 0.4) is 0 Å². The maximum atomic E-state index is 12.7. The Kier molecular flexibility index (Phi) is 5.75. The van der Waals surface area contributed by atoms with Crippen molar-refractivity contribution in [1.82, 2.24) is 0 Å². The van der Waals surface area contributed by atoms with Gasteiger partial charge in [-0.15, -0.1) is 0 Å². The van der Waals surface area contributed by atoms with Crippen LogP contribution in [0.1, 0.15) is 39.2 Å². The lowest BCUT2D eigenvalue weighted by Crippen LogP contribution is -2.62. The van der Waals surface area contributed by atoms with Crippen LogP contribution in [0.4, 0.5) is 0 Å². The zero-order chi connectivity index (χ0) is 22.4. The second-order valence-corrected chi connectivity index (χ2v) is 9.81. The number of hydrogen-bond acceptors (Lipinski definition) is 6. The maximum absolute atomic E-state index is 12.7. The second kappa shape index (κ2) is 8.08. The average molecular weight is 429 g/mol. The van der Waals surface area contributed by atoms with Gasteiger partial charge in [0.15, 0.2) is 6.29 Å². The molecule has 1 heterocycles. The zero-order valence-corrected chi connectivity index (χ0v) is 18.6. The molecule has 2 aliphatic carbocycles. The van der Waals surface area contributed by atoms with E-state index in [0.29, 0.717) is 13.0 Å². The lowest BCUT2D eigenvalue weighted by molar-refractivity contribution is -0.211. The molecular formula is C25H32O6. The Morgan fingerprint density at radius 2 is 1.90 bits per heavy atom. The van der Waals surface area contributed by atoms with Gasteiger partial charge in [-0.2, -0.15) is 0 Å². The fraction of sp³-hybridized carbons (Fsp3) is 0.560. The highest BCUT2D eigenvalue weighted by molar-refractivity contribution is 5.87. The summed E-state index contributed by atoms with van der Waals surface area (Å²) in [6, 6.07) is 7.39. The van der Waals surface area contributed by atoms with E-state index < -0.39 is 29.9 Å². The smallest absolute Gasteiger partial charge is 0.331 e. The number of ether oxygens (including phenoxy) is 3. The number of hydrogen-bond donors (Lipinski definition) is 2. The standard InChI is InChI=1S/C25H32O6/c1-24(2)12-11-19(31-20(27)10-7-15-5-8-17(29-4)9-6-15)25(3)21-16(14-30-23(21)28)13-18(26)22(24)25/h5-10,13,18-19,21-23,26,28H,11-12,14H2,1-4H3/t18-,19+,21+,22-,23+,25+/m0/s1. The maximum Gasteiger partial charge on any atom is 0.331 e. The van der Waals surface area contributed by atoms with Crippen molar-refractivity contribution >= 4 is 12.0 Å². The molecule has 31 heavy (non-hydrogen) atoms. The topological polar surface area (TPSA) is 85.2 Å². The normalized spacial score (nSPS) is 36.5. The van der Waals surface area contributed by atoms with Gasteiger partial charge in [0.1, 0.15) is 11.9 Å². The van der Waals surface area contributed by atoms with Crippen molar-refractivity contribution in [3.63, 3.8) is 0 Å². The van der Waals surface area contributed by atoms with Gasteiger partial charge >= 0.3 is 5.97 Å². The van der Waals surface area contributed by atoms with Gasteiger partial charge in [0, 0.05) is 23.3 Å². The van der Waals surface area contributed by atoms with E-state index in [4.69, 9.17) is 14.2 Å². The minimum atomic E-state index is -0.962. The molecule has 2 fully saturated rings. The first-order chi connectivity index (χ1) is 14.7. The molecule has 3 aliphatic rings. The molecule has 0 radical (unpaired) electrons. The summed E-state index contributed by atoms with van der Waals surface area (Å²) in [6.07, 6.45) is 4.40. The second-order valence-electron chi connectivity index (χ2n) is 9.81. The monoisotopic (exact) mass is 428 g/mol. The van der Waals surface area contributed by atoms with Gasteiger partial charge in [0.2, 0.25) is 0 Å². The highest BCUT2D eigenvalue weighted by atomic mass is 16.6. The Bertz CT molecular complexity index is 886.